The molecule has 0 spiro atoms. The smallest absolute Gasteiger partial charge is 0.274 e. The van der Waals surface area contributed by atoms with E-state index in [4.69, 9.17) is 0 Å². The number of carbonyl (C=O) groups is 1. The molecule has 0 aliphatic heterocycles. The minimum Gasteiger partial charge on any atom is -0.333 e. The Bertz CT molecular complexity index is 772. The van der Waals surface area contributed by atoms with E-state index < -0.39 is 0 Å². The Morgan fingerprint density at radius 1 is 1.20 bits per heavy atom. The van der Waals surface area contributed by atoms with Gasteiger partial charge in [-0.15, -0.1) is 0 Å². The third kappa shape index (κ3) is 3.45. The van der Waals surface area contributed by atoms with Crippen LogP contribution < -0.4 is 0 Å². The number of aryl methyl sites for hydroxylation is 1. The predicted molar refractivity (Wildman–Crippen MR) is 94.6 cm³/mol. The van der Waals surface area contributed by atoms with E-state index in [1.54, 1.807) is 18.6 Å². The summed E-state index contributed by atoms with van der Waals surface area (Å²) in [5, 5.41) is 0. The summed E-state index contributed by atoms with van der Waals surface area (Å²) in [4.78, 5) is 27.6. The largest absolute Gasteiger partial charge is 0.333 e. The average molecular weight is 334 g/mol. The number of fused-ring (bicyclic) bond motifs is 2. The van der Waals surface area contributed by atoms with Crippen LogP contribution in [0.2, 0.25) is 0 Å². The van der Waals surface area contributed by atoms with Crippen LogP contribution in [0.25, 0.3) is 0 Å². The molecule has 0 radical (unpaired) electrons. The Hall–Kier alpha value is -2.56. The second-order valence-corrected chi connectivity index (χ2v) is 7.13. The van der Waals surface area contributed by atoms with Gasteiger partial charge in [-0.1, -0.05) is 18.2 Å². The summed E-state index contributed by atoms with van der Waals surface area (Å²) < 4.78 is 0. The molecule has 128 valence electrons. The molecule has 2 heterocycles. The van der Waals surface area contributed by atoms with Crippen molar-refractivity contribution in [1.82, 2.24) is 19.9 Å². The maximum Gasteiger partial charge on any atom is 0.274 e. The monoisotopic (exact) mass is 334 g/mol. The van der Waals surface area contributed by atoms with Crippen molar-refractivity contribution >= 4 is 5.91 Å². The minimum atomic E-state index is -0.0527. The van der Waals surface area contributed by atoms with Gasteiger partial charge in [0.1, 0.15) is 5.69 Å². The second kappa shape index (κ2) is 6.75. The molecule has 5 heteroatoms. The zero-order chi connectivity index (χ0) is 17.2. The number of carbonyl (C=O) groups excluding carboxylic acids is 1. The highest BCUT2D eigenvalue weighted by Gasteiger charge is 2.37. The SMILES string of the molecule is Cc1cnc(C(=O)N(Cc2cccnc2)C[C@H]2C[C@@H]3C=C[C@H]2C3)cn1. The van der Waals surface area contributed by atoms with Crippen molar-refractivity contribution in [3.05, 3.63) is 66.0 Å². The van der Waals surface area contributed by atoms with Gasteiger partial charge in [-0.05, 0) is 49.1 Å². The van der Waals surface area contributed by atoms with Crippen molar-refractivity contribution < 1.29 is 4.79 Å². The van der Waals surface area contributed by atoms with E-state index in [2.05, 4.69) is 27.1 Å². The van der Waals surface area contributed by atoms with Crippen molar-refractivity contribution in [1.29, 1.82) is 0 Å². The van der Waals surface area contributed by atoms with E-state index in [1.165, 1.54) is 12.8 Å². The Morgan fingerprint density at radius 2 is 2.12 bits per heavy atom. The highest BCUT2D eigenvalue weighted by molar-refractivity contribution is 5.92. The number of hydrogen-bond donors (Lipinski definition) is 0. The van der Waals surface area contributed by atoms with Gasteiger partial charge in [-0.2, -0.15) is 0 Å². The standard InChI is InChI=1S/C20H22N4O/c1-14-9-23-19(11-22-14)20(25)24(12-16-3-2-6-21-10-16)13-18-8-15-4-5-17(18)7-15/h2-6,9-11,15,17-18H,7-8,12-13H2,1H3/t15-,17+,18-/m1/s1. The molecule has 0 saturated heterocycles. The first-order valence-electron chi connectivity index (χ1n) is 8.84. The fraction of sp³-hybridized carbons (Fsp3) is 0.400. The van der Waals surface area contributed by atoms with Gasteiger partial charge in [-0.3, -0.25) is 14.8 Å². The Balaban J connectivity index is 1.55. The van der Waals surface area contributed by atoms with Gasteiger partial charge in [-0.25, -0.2) is 4.98 Å². The number of aromatic nitrogens is 3. The third-order valence-electron chi connectivity index (χ3n) is 5.25. The lowest BCUT2D eigenvalue weighted by atomic mass is 9.93. The van der Waals surface area contributed by atoms with Gasteiger partial charge in [0.05, 0.1) is 11.9 Å². The molecule has 2 aliphatic rings. The van der Waals surface area contributed by atoms with Crippen molar-refractivity contribution in [3.8, 4) is 0 Å². The molecule has 2 aromatic rings. The molecule has 3 atom stereocenters. The van der Waals surface area contributed by atoms with Gasteiger partial charge < -0.3 is 4.90 Å². The highest BCUT2D eigenvalue weighted by Crippen LogP contribution is 2.43. The van der Waals surface area contributed by atoms with Gasteiger partial charge in [0.2, 0.25) is 0 Å². The molecule has 2 aromatic heterocycles. The summed E-state index contributed by atoms with van der Waals surface area (Å²) in [5.74, 6) is 1.79. The van der Waals surface area contributed by atoms with Crippen LogP contribution in [0.4, 0.5) is 0 Å². The molecule has 25 heavy (non-hydrogen) atoms. The first-order chi connectivity index (χ1) is 12.2. The zero-order valence-electron chi connectivity index (χ0n) is 14.4. The van der Waals surface area contributed by atoms with Crippen LogP contribution >= 0.6 is 0 Å². The third-order valence-corrected chi connectivity index (χ3v) is 5.25. The summed E-state index contributed by atoms with van der Waals surface area (Å²) >= 11 is 0. The lowest BCUT2D eigenvalue weighted by molar-refractivity contribution is 0.0698. The zero-order valence-corrected chi connectivity index (χ0v) is 14.4. The van der Waals surface area contributed by atoms with E-state index >= 15 is 0 Å². The van der Waals surface area contributed by atoms with E-state index in [1.807, 2.05) is 30.2 Å². The van der Waals surface area contributed by atoms with Crippen LogP contribution in [0.3, 0.4) is 0 Å². The fourth-order valence-corrected chi connectivity index (χ4v) is 3.98. The van der Waals surface area contributed by atoms with Gasteiger partial charge >= 0.3 is 0 Å². The maximum absolute atomic E-state index is 13.0. The lowest BCUT2D eigenvalue weighted by Gasteiger charge is -2.28. The van der Waals surface area contributed by atoms with E-state index in [9.17, 15) is 4.79 Å². The van der Waals surface area contributed by atoms with Crippen molar-refractivity contribution in [2.75, 3.05) is 6.54 Å². The fourth-order valence-electron chi connectivity index (χ4n) is 3.98. The van der Waals surface area contributed by atoms with Crippen LogP contribution in [-0.4, -0.2) is 32.3 Å². The van der Waals surface area contributed by atoms with E-state index in [-0.39, 0.29) is 5.91 Å². The normalized spacial score (nSPS) is 23.8. The van der Waals surface area contributed by atoms with Crippen LogP contribution in [0, 0.1) is 24.7 Å². The Labute approximate surface area is 147 Å². The lowest BCUT2D eigenvalue weighted by Crippen LogP contribution is -2.36. The summed E-state index contributed by atoms with van der Waals surface area (Å²) in [5.41, 5.74) is 2.26. The highest BCUT2D eigenvalue weighted by atomic mass is 16.2. The van der Waals surface area contributed by atoms with Crippen LogP contribution in [0.5, 0.6) is 0 Å². The minimum absolute atomic E-state index is 0.0527. The Kier molecular flexibility index (Phi) is 4.30. The quantitative estimate of drug-likeness (QED) is 0.789. The number of rotatable bonds is 5. The first kappa shape index (κ1) is 15.9. The van der Waals surface area contributed by atoms with Crippen LogP contribution in [0.1, 0.15) is 34.6 Å². The molecular weight excluding hydrogens is 312 g/mol. The van der Waals surface area contributed by atoms with Crippen molar-refractivity contribution in [3.63, 3.8) is 0 Å². The molecule has 1 fully saturated rings. The summed E-state index contributed by atoms with van der Waals surface area (Å²) in [6.07, 6.45) is 13.9. The van der Waals surface area contributed by atoms with Crippen LogP contribution in [-0.2, 0) is 6.54 Å². The molecular formula is C20H22N4O. The number of amides is 1. The van der Waals surface area contributed by atoms with Gasteiger partial charge in [0.15, 0.2) is 0 Å². The number of pyridine rings is 1. The molecule has 5 nitrogen and oxygen atoms in total. The average Bonchev–Trinajstić information content (AvgIpc) is 3.25. The first-order valence-corrected chi connectivity index (χ1v) is 8.84. The maximum atomic E-state index is 13.0. The van der Waals surface area contributed by atoms with E-state index in [0.717, 1.165) is 17.8 Å². The topological polar surface area (TPSA) is 59.0 Å². The predicted octanol–water partition coefficient (Wildman–Crippen LogP) is 3.03. The molecule has 1 saturated carbocycles. The molecule has 0 unspecified atom stereocenters. The molecule has 0 N–H and O–H groups in total. The van der Waals surface area contributed by atoms with Gasteiger partial charge in [0, 0.05) is 31.7 Å². The molecule has 0 aromatic carbocycles. The van der Waals surface area contributed by atoms with Gasteiger partial charge in [0.25, 0.3) is 5.91 Å². The van der Waals surface area contributed by atoms with Crippen molar-refractivity contribution in [2.45, 2.75) is 26.3 Å². The number of allylic oxidation sites excluding steroid dienone is 2. The summed E-state index contributed by atoms with van der Waals surface area (Å²) in [6, 6.07) is 3.92. The van der Waals surface area contributed by atoms with Crippen LogP contribution in [0.15, 0.2) is 49.1 Å². The molecule has 2 bridgehead atoms. The molecule has 1 amide bonds. The number of hydrogen-bond acceptors (Lipinski definition) is 4. The summed E-state index contributed by atoms with van der Waals surface area (Å²) in [7, 11) is 0. The van der Waals surface area contributed by atoms with Crippen molar-refractivity contribution in [2.24, 2.45) is 17.8 Å². The summed E-state index contributed by atoms with van der Waals surface area (Å²) in [6.45, 7) is 3.19. The molecule has 2 aliphatic carbocycles. The number of nitrogens with zero attached hydrogens (tertiary/aromatic N) is 4. The van der Waals surface area contributed by atoms with E-state index in [0.29, 0.717) is 30.0 Å². The second-order valence-electron chi connectivity index (χ2n) is 7.13. The Morgan fingerprint density at radius 3 is 2.76 bits per heavy atom. The molecule has 4 rings (SSSR count).